The zero-order valence-electron chi connectivity index (χ0n) is 9.78. The Kier molecular flexibility index (Phi) is 3.39. The highest BCUT2D eigenvalue weighted by Gasteiger charge is 2.33. The van der Waals surface area contributed by atoms with Gasteiger partial charge >= 0.3 is 6.18 Å². The molecule has 0 amide bonds. The second kappa shape index (κ2) is 4.85. The third-order valence-corrected chi connectivity index (χ3v) is 2.64. The number of alkyl halides is 3. The summed E-state index contributed by atoms with van der Waals surface area (Å²) in [5.74, 6) is 0.0679. The summed E-state index contributed by atoms with van der Waals surface area (Å²) in [5.41, 5.74) is 10.8. The van der Waals surface area contributed by atoms with Gasteiger partial charge in [-0.15, -0.1) is 0 Å². The normalized spacial score (nSPS) is 11.6. The summed E-state index contributed by atoms with van der Waals surface area (Å²) >= 11 is 0. The molecule has 19 heavy (non-hydrogen) atoms. The molecule has 0 unspecified atom stereocenters. The lowest BCUT2D eigenvalue weighted by atomic mass is 10.0. The molecular formula is C12H11F3N4. The molecule has 4 N–H and O–H groups in total. The number of nitrogens with zero attached hydrogens (tertiary/aromatic N) is 2. The Labute approximate surface area is 107 Å². The maximum Gasteiger partial charge on any atom is 0.416 e. The van der Waals surface area contributed by atoms with Crippen molar-refractivity contribution >= 4 is 5.95 Å². The average molecular weight is 268 g/mol. The molecule has 1 aromatic heterocycles. The van der Waals surface area contributed by atoms with E-state index in [4.69, 9.17) is 11.5 Å². The van der Waals surface area contributed by atoms with Crippen LogP contribution in [0.15, 0.2) is 30.6 Å². The zero-order chi connectivity index (χ0) is 14.0. The van der Waals surface area contributed by atoms with E-state index < -0.39 is 11.7 Å². The summed E-state index contributed by atoms with van der Waals surface area (Å²) in [6, 6.07) is 3.94. The van der Waals surface area contributed by atoms with Crippen molar-refractivity contribution in [2.45, 2.75) is 12.7 Å². The highest BCUT2D eigenvalue weighted by molar-refractivity contribution is 5.64. The molecule has 100 valence electrons. The SMILES string of the molecule is NCc1ccc(-c2cnc(N)nc2)cc1C(F)(F)F. The number of rotatable bonds is 2. The van der Waals surface area contributed by atoms with Crippen molar-refractivity contribution in [2.24, 2.45) is 5.73 Å². The minimum atomic E-state index is -4.45. The molecule has 0 bridgehead atoms. The van der Waals surface area contributed by atoms with Gasteiger partial charge in [0.2, 0.25) is 5.95 Å². The van der Waals surface area contributed by atoms with Gasteiger partial charge in [-0.25, -0.2) is 9.97 Å². The molecule has 7 heteroatoms. The fourth-order valence-electron chi connectivity index (χ4n) is 1.68. The van der Waals surface area contributed by atoms with Gasteiger partial charge in [-0.3, -0.25) is 0 Å². The zero-order valence-corrected chi connectivity index (χ0v) is 9.78. The van der Waals surface area contributed by atoms with Gasteiger partial charge in [-0.1, -0.05) is 12.1 Å². The smallest absolute Gasteiger partial charge is 0.368 e. The third kappa shape index (κ3) is 2.82. The summed E-state index contributed by atoms with van der Waals surface area (Å²) in [7, 11) is 0. The van der Waals surface area contributed by atoms with E-state index in [1.165, 1.54) is 18.5 Å². The number of nitrogens with two attached hydrogens (primary N) is 2. The summed E-state index contributed by atoms with van der Waals surface area (Å²) in [6.45, 7) is -0.173. The quantitative estimate of drug-likeness (QED) is 0.875. The van der Waals surface area contributed by atoms with Crippen LogP contribution in [0.4, 0.5) is 19.1 Å². The first kappa shape index (κ1) is 13.3. The number of halogens is 3. The van der Waals surface area contributed by atoms with E-state index in [0.717, 1.165) is 6.07 Å². The Morgan fingerprint density at radius 3 is 2.21 bits per heavy atom. The topological polar surface area (TPSA) is 77.8 Å². The predicted molar refractivity (Wildman–Crippen MR) is 64.8 cm³/mol. The number of benzene rings is 1. The molecule has 0 aliphatic rings. The summed E-state index contributed by atoms with van der Waals surface area (Å²) in [4.78, 5) is 7.50. The number of hydrogen-bond acceptors (Lipinski definition) is 4. The average Bonchev–Trinajstić information content (AvgIpc) is 2.38. The second-order valence-electron chi connectivity index (χ2n) is 3.90. The van der Waals surface area contributed by atoms with Crippen LogP contribution in [0, 0.1) is 0 Å². The van der Waals surface area contributed by atoms with Crippen LogP contribution in [0.3, 0.4) is 0 Å². The van der Waals surface area contributed by atoms with Crippen molar-refractivity contribution in [3.63, 3.8) is 0 Å². The Morgan fingerprint density at radius 2 is 1.68 bits per heavy atom. The van der Waals surface area contributed by atoms with Crippen LogP contribution >= 0.6 is 0 Å². The van der Waals surface area contributed by atoms with E-state index in [0.29, 0.717) is 11.1 Å². The van der Waals surface area contributed by atoms with Gasteiger partial charge in [0.1, 0.15) is 0 Å². The van der Waals surface area contributed by atoms with Crippen LogP contribution in [0.5, 0.6) is 0 Å². The second-order valence-corrected chi connectivity index (χ2v) is 3.90. The first-order chi connectivity index (χ1) is 8.91. The highest BCUT2D eigenvalue weighted by atomic mass is 19.4. The van der Waals surface area contributed by atoms with Crippen molar-refractivity contribution in [1.29, 1.82) is 0 Å². The summed E-state index contributed by atoms with van der Waals surface area (Å²) < 4.78 is 38.7. The Morgan fingerprint density at radius 1 is 1.05 bits per heavy atom. The molecule has 1 heterocycles. The minimum Gasteiger partial charge on any atom is -0.368 e. The molecule has 2 aromatic rings. The van der Waals surface area contributed by atoms with E-state index in [9.17, 15) is 13.2 Å². The summed E-state index contributed by atoms with van der Waals surface area (Å²) in [5, 5.41) is 0. The fourth-order valence-corrected chi connectivity index (χ4v) is 1.68. The van der Waals surface area contributed by atoms with Gasteiger partial charge < -0.3 is 11.5 Å². The van der Waals surface area contributed by atoms with Crippen molar-refractivity contribution in [1.82, 2.24) is 9.97 Å². The number of hydrogen-bond donors (Lipinski definition) is 2. The van der Waals surface area contributed by atoms with Crippen molar-refractivity contribution in [2.75, 3.05) is 5.73 Å². The lowest BCUT2D eigenvalue weighted by Crippen LogP contribution is -2.12. The monoisotopic (exact) mass is 268 g/mol. The molecule has 1 aromatic carbocycles. The predicted octanol–water partition coefficient (Wildman–Crippen LogP) is 2.20. The van der Waals surface area contributed by atoms with Crippen LogP contribution in [-0.2, 0) is 12.7 Å². The summed E-state index contributed by atoms with van der Waals surface area (Å²) in [6.07, 6.45) is -1.70. The van der Waals surface area contributed by atoms with Crippen LogP contribution in [0.1, 0.15) is 11.1 Å². The first-order valence-electron chi connectivity index (χ1n) is 5.40. The van der Waals surface area contributed by atoms with E-state index in [1.807, 2.05) is 0 Å². The van der Waals surface area contributed by atoms with Crippen molar-refractivity contribution in [3.8, 4) is 11.1 Å². The van der Waals surface area contributed by atoms with E-state index in [-0.39, 0.29) is 18.1 Å². The lowest BCUT2D eigenvalue weighted by molar-refractivity contribution is -0.138. The van der Waals surface area contributed by atoms with Crippen LogP contribution in [0.25, 0.3) is 11.1 Å². The van der Waals surface area contributed by atoms with Gasteiger partial charge in [0.05, 0.1) is 5.56 Å². The third-order valence-electron chi connectivity index (χ3n) is 2.64. The van der Waals surface area contributed by atoms with Gasteiger partial charge in [-0.2, -0.15) is 13.2 Å². The van der Waals surface area contributed by atoms with Crippen LogP contribution < -0.4 is 11.5 Å². The maximum absolute atomic E-state index is 12.9. The standard InChI is InChI=1S/C12H11F3N4/c13-12(14,15)10-3-7(1-2-8(10)4-16)9-5-18-11(17)19-6-9/h1-3,5-6H,4,16H2,(H2,17,18,19). The molecule has 0 aliphatic carbocycles. The van der Waals surface area contributed by atoms with Gasteiger partial charge in [-0.05, 0) is 17.2 Å². The molecule has 0 atom stereocenters. The Hall–Kier alpha value is -2.15. The number of anilines is 1. The molecule has 0 saturated carbocycles. The molecule has 0 saturated heterocycles. The lowest BCUT2D eigenvalue weighted by Gasteiger charge is -2.13. The van der Waals surface area contributed by atoms with E-state index in [2.05, 4.69) is 9.97 Å². The Bertz CT molecular complexity index is 579. The Balaban J connectivity index is 2.52. The van der Waals surface area contributed by atoms with E-state index in [1.54, 1.807) is 6.07 Å². The molecule has 0 aliphatic heterocycles. The largest absolute Gasteiger partial charge is 0.416 e. The van der Waals surface area contributed by atoms with Gasteiger partial charge in [0.25, 0.3) is 0 Å². The minimum absolute atomic E-state index is 0.0487. The van der Waals surface area contributed by atoms with Crippen molar-refractivity contribution < 1.29 is 13.2 Å². The van der Waals surface area contributed by atoms with Crippen LogP contribution in [0.2, 0.25) is 0 Å². The van der Waals surface area contributed by atoms with Crippen LogP contribution in [-0.4, -0.2) is 9.97 Å². The molecule has 0 spiro atoms. The molecule has 2 rings (SSSR count). The molecule has 0 fully saturated rings. The molecule has 0 radical (unpaired) electrons. The highest BCUT2D eigenvalue weighted by Crippen LogP contribution is 2.34. The number of nitrogen functional groups attached to an aromatic ring is 1. The van der Waals surface area contributed by atoms with Gasteiger partial charge in [0.15, 0.2) is 0 Å². The molecular weight excluding hydrogens is 257 g/mol. The van der Waals surface area contributed by atoms with Gasteiger partial charge in [0, 0.05) is 24.5 Å². The number of aromatic nitrogens is 2. The maximum atomic E-state index is 12.9. The fraction of sp³-hybridized carbons (Fsp3) is 0.167. The van der Waals surface area contributed by atoms with Crippen molar-refractivity contribution in [3.05, 3.63) is 41.7 Å². The molecule has 4 nitrogen and oxygen atoms in total. The first-order valence-corrected chi connectivity index (χ1v) is 5.40. The van der Waals surface area contributed by atoms with E-state index >= 15 is 0 Å².